The molecule has 0 aliphatic rings. The topological polar surface area (TPSA) is 79.5 Å². The lowest BCUT2D eigenvalue weighted by Gasteiger charge is -2.23. The maximum absolute atomic E-state index is 12.2. The highest BCUT2D eigenvalue weighted by Crippen LogP contribution is 2.24. The lowest BCUT2D eigenvalue weighted by Crippen LogP contribution is -2.28. The summed E-state index contributed by atoms with van der Waals surface area (Å²) in [6.07, 6.45) is 3.26. The zero-order chi connectivity index (χ0) is 15.6. The molecule has 0 fully saturated rings. The number of aliphatic hydroxyl groups is 1. The summed E-state index contributed by atoms with van der Waals surface area (Å²) < 4.78 is 1.71. The summed E-state index contributed by atoms with van der Waals surface area (Å²) in [7, 11) is 0. The molecule has 0 bridgehead atoms. The molecular formula is C16H16N4O2. The summed E-state index contributed by atoms with van der Waals surface area (Å²) in [5, 5.41) is 20.9. The SMILES string of the molecule is CC(O)(CC(=O)Nc1ccc2nncn2c1)c1ccccc1. The predicted molar refractivity (Wildman–Crippen MR) is 82.2 cm³/mol. The minimum Gasteiger partial charge on any atom is -0.385 e. The van der Waals surface area contributed by atoms with Crippen LogP contribution < -0.4 is 5.32 Å². The number of rotatable bonds is 4. The van der Waals surface area contributed by atoms with Crippen molar-refractivity contribution < 1.29 is 9.90 Å². The molecule has 0 saturated heterocycles. The van der Waals surface area contributed by atoms with E-state index >= 15 is 0 Å². The summed E-state index contributed by atoms with van der Waals surface area (Å²) in [5.74, 6) is -0.263. The second-order valence-corrected chi connectivity index (χ2v) is 5.38. The van der Waals surface area contributed by atoms with E-state index in [-0.39, 0.29) is 12.3 Å². The van der Waals surface area contributed by atoms with Gasteiger partial charge in [0.05, 0.1) is 17.7 Å². The second-order valence-electron chi connectivity index (χ2n) is 5.38. The van der Waals surface area contributed by atoms with E-state index in [0.717, 1.165) is 0 Å². The summed E-state index contributed by atoms with van der Waals surface area (Å²) in [4.78, 5) is 12.2. The van der Waals surface area contributed by atoms with Gasteiger partial charge in [-0.25, -0.2) is 0 Å². The zero-order valence-electron chi connectivity index (χ0n) is 12.1. The monoisotopic (exact) mass is 296 g/mol. The first kappa shape index (κ1) is 14.2. The van der Waals surface area contributed by atoms with E-state index in [9.17, 15) is 9.90 Å². The molecule has 2 aromatic heterocycles. The summed E-state index contributed by atoms with van der Waals surface area (Å²) >= 11 is 0. The van der Waals surface area contributed by atoms with E-state index in [4.69, 9.17) is 0 Å². The van der Waals surface area contributed by atoms with Crippen LogP contribution in [0.3, 0.4) is 0 Å². The summed E-state index contributed by atoms with van der Waals surface area (Å²) in [6, 6.07) is 12.7. The molecule has 1 amide bonds. The van der Waals surface area contributed by atoms with Crippen molar-refractivity contribution in [2.75, 3.05) is 5.32 Å². The van der Waals surface area contributed by atoms with E-state index in [0.29, 0.717) is 16.9 Å². The molecule has 22 heavy (non-hydrogen) atoms. The quantitative estimate of drug-likeness (QED) is 0.771. The van der Waals surface area contributed by atoms with Crippen LogP contribution in [0.15, 0.2) is 55.0 Å². The van der Waals surface area contributed by atoms with Crippen molar-refractivity contribution in [3.63, 3.8) is 0 Å². The number of nitrogens with zero attached hydrogens (tertiary/aromatic N) is 3. The smallest absolute Gasteiger partial charge is 0.227 e. The van der Waals surface area contributed by atoms with E-state index in [1.165, 1.54) is 0 Å². The Morgan fingerprint density at radius 3 is 2.82 bits per heavy atom. The average molecular weight is 296 g/mol. The third kappa shape index (κ3) is 2.96. The summed E-state index contributed by atoms with van der Waals surface area (Å²) in [6.45, 7) is 1.63. The predicted octanol–water partition coefficient (Wildman–Crippen LogP) is 1.97. The molecule has 0 spiro atoms. The normalized spacial score (nSPS) is 13.7. The van der Waals surface area contributed by atoms with Crippen LogP contribution in [0.25, 0.3) is 5.65 Å². The first-order chi connectivity index (χ1) is 10.5. The minimum atomic E-state index is -1.22. The first-order valence-corrected chi connectivity index (χ1v) is 6.92. The molecule has 1 unspecified atom stereocenters. The number of anilines is 1. The third-order valence-electron chi connectivity index (χ3n) is 3.48. The Labute approximate surface area is 127 Å². The maximum atomic E-state index is 12.2. The van der Waals surface area contributed by atoms with Crippen LogP contribution in [-0.4, -0.2) is 25.6 Å². The number of fused-ring (bicyclic) bond motifs is 1. The average Bonchev–Trinajstić information content (AvgIpc) is 2.95. The highest BCUT2D eigenvalue weighted by atomic mass is 16.3. The van der Waals surface area contributed by atoms with Gasteiger partial charge in [-0.2, -0.15) is 0 Å². The van der Waals surface area contributed by atoms with E-state index in [1.807, 2.05) is 18.2 Å². The van der Waals surface area contributed by atoms with Crippen molar-refractivity contribution in [2.45, 2.75) is 18.9 Å². The van der Waals surface area contributed by atoms with Gasteiger partial charge in [-0.3, -0.25) is 9.20 Å². The van der Waals surface area contributed by atoms with Crippen LogP contribution in [0.2, 0.25) is 0 Å². The van der Waals surface area contributed by atoms with Crippen LogP contribution >= 0.6 is 0 Å². The van der Waals surface area contributed by atoms with Gasteiger partial charge < -0.3 is 10.4 Å². The number of nitrogens with one attached hydrogen (secondary N) is 1. The number of benzene rings is 1. The van der Waals surface area contributed by atoms with E-state index in [2.05, 4.69) is 15.5 Å². The number of carbonyl (C=O) groups excluding carboxylic acids is 1. The Morgan fingerprint density at radius 2 is 2.05 bits per heavy atom. The Hall–Kier alpha value is -2.73. The Bertz CT molecular complexity index is 796. The van der Waals surface area contributed by atoms with Crippen molar-refractivity contribution in [1.29, 1.82) is 0 Å². The molecule has 0 aliphatic carbocycles. The van der Waals surface area contributed by atoms with Gasteiger partial charge in [0.2, 0.25) is 5.91 Å². The molecule has 3 rings (SSSR count). The lowest BCUT2D eigenvalue weighted by atomic mass is 9.92. The molecule has 1 atom stereocenters. The molecule has 0 radical (unpaired) electrons. The third-order valence-corrected chi connectivity index (χ3v) is 3.48. The molecule has 0 aliphatic heterocycles. The molecule has 0 saturated carbocycles. The molecular weight excluding hydrogens is 280 g/mol. The molecule has 112 valence electrons. The molecule has 3 aromatic rings. The maximum Gasteiger partial charge on any atom is 0.227 e. The molecule has 2 N–H and O–H groups in total. The van der Waals surface area contributed by atoms with Crippen molar-refractivity contribution in [2.24, 2.45) is 0 Å². The summed E-state index contributed by atoms with van der Waals surface area (Å²) in [5.41, 5.74) is 0.821. The fraction of sp³-hybridized carbons (Fsp3) is 0.188. The van der Waals surface area contributed by atoms with Crippen LogP contribution in [-0.2, 0) is 10.4 Å². The fourth-order valence-electron chi connectivity index (χ4n) is 2.32. The standard InChI is InChI=1S/C16H16N4O2/c1-16(22,12-5-3-2-4-6-12)9-15(21)18-13-7-8-14-19-17-11-20(14)10-13/h2-8,10-11,22H,9H2,1H3,(H,18,21). The van der Waals surface area contributed by atoms with Crippen molar-refractivity contribution in [3.8, 4) is 0 Å². The van der Waals surface area contributed by atoms with Gasteiger partial charge in [-0.15, -0.1) is 10.2 Å². The zero-order valence-corrected chi connectivity index (χ0v) is 12.1. The molecule has 1 aromatic carbocycles. The van der Waals surface area contributed by atoms with Gasteiger partial charge in [-0.05, 0) is 24.6 Å². The first-order valence-electron chi connectivity index (χ1n) is 6.92. The van der Waals surface area contributed by atoms with Crippen molar-refractivity contribution in [3.05, 3.63) is 60.6 Å². The minimum absolute atomic E-state index is 0.0305. The van der Waals surface area contributed by atoms with Crippen LogP contribution in [0.4, 0.5) is 5.69 Å². The second kappa shape index (κ2) is 5.57. The van der Waals surface area contributed by atoms with Crippen LogP contribution in [0.1, 0.15) is 18.9 Å². The van der Waals surface area contributed by atoms with Gasteiger partial charge in [0.15, 0.2) is 5.65 Å². The Morgan fingerprint density at radius 1 is 1.27 bits per heavy atom. The van der Waals surface area contributed by atoms with Gasteiger partial charge >= 0.3 is 0 Å². The van der Waals surface area contributed by atoms with Gasteiger partial charge in [-0.1, -0.05) is 30.3 Å². The fourth-order valence-corrected chi connectivity index (χ4v) is 2.32. The van der Waals surface area contributed by atoms with Gasteiger partial charge in [0, 0.05) is 6.20 Å². The van der Waals surface area contributed by atoms with Crippen LogP contribution in [0.5, 0.6) is 0 Å². The van der Waals surface area contributed by atoms with E-state index in [1.54, 1.807) is 48.1 Å². The van der Waals surface area contributed by atoms with Crippen molar-refractivity contribution >= 4 is 17.2 Å². The largest absolute Gasteiger partial charge is 0.385 e. The molecule has 6 nitrogen and oxygen atoms in total. The number of pyridine rings is 1. The highest BCUT2D eigenvalue weighted by molar-refractivity contribution is 5.91. The van der Waals surface area contributed by atoms with Crippen molar-refractivity contribution in [1.82, 2.24) is 14.6 Å². The molecule has 2 heterocycles. The molecule has 6 heteroatoms. The number of aromatic nitrogens is 3. The Balaban J connectivity index is 1.71. The number of hydrogen-bond acceptors (Lipinski definition) is 4. The number of amides is 1. The number of hydrogen-bond donors (Lipinski definition) is 2. The lowest BCUT2D eigenvalue weighted by molar-refractivity contribution is -0.120. The van der Waals surface area contributed by atoms with Gasteiger partial charge in [0.25, 0.3) is 0 Å². The van der Waals surface area contributed by atoms with Crippen LogP contribution in [0, 0.1) is 0 Å². The van der Waals surface area contributed by atoms with E-state index < -0.39 is 5.60 Å². The Kier molecular flexibility index (Phi) is 3.60. The number of carbonyl (C=O) groups is 1. The van der Waals surface area contributed by atoms with Gasteiger partial charge in [0.1, 0.15) is 6.33 Å². The highest BCUT2D eigenvalue weighted by Gasteiger charge is 2.26.